The van der Waals surface area contributed by atoms with Crippen LogP contribution in [0.25, 0.3) is 0 Å². The molecule has 1 fully saturated rings. The summed E-state index contributed by atoms with van der Waals surface area (Å²) in [6.45, 7) is 6.67. The number of rotatable bonds is 2. The monoisotopic (exact) mass is 221 g/mol. The summed E-state index contributed by atoms with van der Waals surface area (Å²) >= 11 is 0. The molecule has 1 atom stereocenters. The van der Waals surface area contributed by atoms with Gasteiger partial charge in [-0.3, -0.25) is 4.90 Å². The van der Waals surface area contributed by atoms with E-state index in [0.717, 1.165) is 31.4 Å². The summed E-state index contributed by atoms with van der Waals surface area (Å²) in [5, 5.41) is 7.68. The first-order valence-corrected chi connectivity index (χ1v) is 6.21. The van der Waals surface area contributed by atoms with E-state index >= 15 is 0 Å². The predicted octanol–water partition coefficient (Wildman–Crippen LogP) is 0.0933. The van der Waals surface area contributed by atoms with Crippen LogP contribution in [0.2, 0.25) is 0 Å². The van der Waals surface area contributed by atoms with Crippen molar-refractivity contribution in [3.8, 4) is 0 Å². The molecule has 0 saturated carbocycles. The second-order valence-corrected chi connectivity index (χ2v) is 4.85. The maximum absolute atomic E-state index is 4.29. The number of hydrogen-bond donors (Lipinski definition) is 1. The van der Waals surface area contributed by atoms with Gasteiger partial charge in [0.15, 0.2) is 0 Å². The fraction of sp³-hybridized carbons (Fsp3) is 0.818. The van der Waals surface area contributed by atoms with Gasteiger partial charge in [0.05, 0.1) is 13.1 Å². The summed E-state index contributed by atoms with van der Waals surface area (Å²) in [4.78, 5) is 6.81. The predicted molar refractivity (Wildman–Crippen MR) is 60.9 cm³/mol. The van der Waals surface area contributed by atoms with E-state index < -0.39 is 0 Å². The van der Waals surface area contributed by atoms with Gasteiger partial charge in [-0.1, -0.05) is 0 Å². The first-order valence-electron chi connectivity index (χ1n) is 6.21. The molecule has 1 saturated heterocycles. The Labute approximate surface area is 95.8 Å². The van der Waals surface area contributed by atoms with Gasteiger partial charge in [0, 0.05) is 13.1 Å². The molecule has 2 aliphatic heterocycles. The summed E-state index contributed by atoms with van der Waals surface area (Å²) in [5.41, 5.74) is 0. The Balaban J connectivity index is 1.57. The van der Waals surface area contributed by atoms with E-state index in [1.165, 1.54) is 32.5 Å². The zero-order valence-corrected chi connectivity index (χ0v) is 9.60. The summed E-state index contributed by atoms with van der Waals surface area (Å²) < 4.78 is 2.02. The Morgan fingerprint density at radius 1 is 1.44 bits per heavy atom. The van der Waals surface area contributed by atoms with Crippen LogP contribution in [0.15, 0.2) is 6.33 Å². The van der Waals surface area contributed by atoms with E-state index in [4.69, 9.17) is 0 Å². The molecule has 2 aliphatic rings. The lowest BCUT2D eigenvalue weighted by Crippen LogP contribution is -2.41. The molecule has 0 aromatic carbocycles. The van der Waals surface area contributed by atoms with Gasteiger partial charge in [-0.2, -0.15) is 5.10 Å². The van der Waals surface area contributed by atoms with E-state index in [1.807, 2.05) is 4.68 Å². The summed E-state index contributed by atoms with van der Waals surface area (Å²) in [6, 6.07) is 0. The zero-order valence-electron chi connectivity index (χ0n) is 9.60. The molecule has 0 spiro atoms. The summed E-state index contributed by atoms with van der Waals surface area (Å²) in [5.74, 6) is 1.94. The Kier molecular flexibility index (Phi) is 2.88. The van der Waals surface area contributed by atoms with E-state index in [-0.39, 0.29) is 0 Å². The second-order valence-electron chi connectivity index (χ2n) is 4.85. The molecule has 16 heavy (non-hydrogen) atoms. The minimum Gasteiger partial charge on any atom is -0.316 e. The third kappa shape index (κ3) is 2.10. The molecule has 5 nitrogen and oxygen atoms in total. The van der Waals surface area contributed by atoms with Crippen LogP contribution in [-0.2, 0) is 13.1 Å². The van der Waals surface area contributed by atoms with Crippen molar-refractivity contribution in [1.29, 1.82) is 0 Å². The van der Waals surface area contributed by atoms with Crippen LogP contribution in [0.1, 0.15) is 18.7 Å². The molecule has 1 N–H and O–H groups in total. The highest BCUT2D eigenvalue weighted by Crippen LogP contribution is 2.15. The number of aromatic nitrogens is 3. The van der Waals surface area contributed by atoms with Crippen molar-refractivity contribution in [2.45, 2.75) is 25.9 Å². The molecule has 0 aliphatic carbocycles. The highest BCUT2D eigenvalue weighted by molar-refractivity contribution is 4.89. The minimum absolute atomic E-state index is 0.822. The minimum atomic E-state index is 0.822. The Morgan fingerprint density at radius 2 is 2.44 bits per heavy atom. The number of hydrogen-bond acceptors (Lipinski definition) is 4. The molecule has 0 bridgehead atoms. The Morgan fingerprint density at radius 3 is 3.31 bits per heavy atom. The first-order chi connectivity index (χ1) is 7.92. The lowest BCUT2D eigenvalue weighted by molar-refractivity contribution is 0.165. The molecule has 3 heterocycles. The van der Waals surface area contributed by atoms with Crippen LogP contribution in [0.3, 0.4) is 0 Å². The van der Waals surface area contributed by atoms with E-state index in [1.54, 1.807) is 6.33 Å². The van der Waals surface area contributed by atoms with Crippen molar-refractivity contribution < 1.29 is 0 Å². The topological polar surface area (TPSA) is 46.0 Å². The van der Waals surface area contributed by atoms with Gasteiger partial charge in [-0.25, -0.2) is 9.67 Å². The van der Waals surface area contributed by atoms with Crippen LogP contribution < -0.4 is 5.32 Å². The molecule has 1 unspecified atom stereocenters. The van der Waals surface area contributed by atoms with Crippen molar-refractivity contribution in [3.63, 3.8) is 0 Å². The van der Waals surface area contributed by atoms with Crippen molar-refractivity contribution >= 4 is 0 Å². The van der Waals surface area contributed by atoms with Crippen LogP contribution >= 0.6 is 0 Å². The fourth-order valence-electron chi connectivity index (χ4n) is 2.71. The molecule has 1 aromatic heterocycles. The fourth-order valence-corrected chi connectivity index (χ4v) is 2.71. The lowest BCUT2D eigenvalue weighted by atomic mass is 9.99. The van der Waals surface area contributed by atoms with Crippen molar-refractivity contribution in [1.82, 2.24) is 25.0 Å². The summed E-state index contributed by atoms with van der Waals surface area (Å²) in [7, 11) is 0. The van der Waals surface area contributed by atoms with Gasteiger partial charge in [0.1, 0.15) is 12.2 Å². The number of nitrogens with one attached hydrogen (secondary N) is 1. The number of fused-ring (bicyclic) bond motifs is 1. The normalized spacial score (nSPS) is 26.6. The average molecular weight is 221 g/mol. The standard InChI is InChI=1S/C11H19N5/c1-2-10(6-12-3-1)7-15-4-5-16-11(8-15)13-9-14-16/h9-10,12H,1-8H2. The van der Waals surface area contributed by atoms with Gasteiger partial charge in [0.2, 0.25) is 0 Å². The second kappa shape index (κ2) is 4.51. The van der Waals surface area contributed by atoms with E-state index in [9.17, 15) is 0 Å². The summed E-state index contributed by atoms with van der Waals surface area (Å²) in [6.07, 6.45) is 4.37. The Hall–Kier alpha value is -0.940. The van der Waals surface area contributed by atoms with Crippen LogP contribution in [0.5, 0.6) is 0 Å². The maximum Gasteiger partial charge on any atom is 0.141 e. The molecular weight excluding hydrogens is 202 g/mol. The van der Waals surface area contributed by atoms with Gasteiger partial charge in [0.25, 0.3) is 0 Å². The van der Waals surface area contributed by atoms with Crippen LogP contribution in [0, 0.1) is 5.92 Å². The van der Waals surface area contributed by atoms with E-state index in [2.05, 4.69) is 20.3 Å². The molecule has 88 valence electrons. The molecule has 3 rings (SSSR count). The van der Waals surface area contributed by atoms with Gasteiger partial charge in [-0.05, 0) is 31.8 Å². The third-order valence-corrected chi connectivity index (χ3v) is 3.60. The molecule has 0 radical (unpaired) electrons. The van der Waals surface area contributed by atoms with Gasteiger partial charge < -0.3 is 5.32 Å². The smallest absolute Gasteiger partial charge is 0.141 e. The molecule has 5 heteroatoms. The van der Waals surface area contributed by atoms with Gasteiger partial charge in [-0.15, -0.1) is 0 Å². The molecule has 0 amide bonds. The highest BCUT2D eigenvalue weighted by atomic mass is 15.4. The van der Waals surface area contributed by atoms with Crippen LogP contribution in [0.4, 0.5) is 0 Å². The van der Waals surface area contributed by atoms with Crippen molar-refractivity contribution in [2.24, 2.45) is 5.92 Å². The van der Waals surface area contributed by atoms with Crippen molar-refractivity contribution in [2.75, 3.05) is 26.2 Å². The molecular formula is C11H19N5. The first kappa shape index (κ1) is 10.2. The zero-order chi connectivity index (χ0) is 10.8. The Bertz CT molecular complexity index is 342. The maximum atomic E-state index is 4.29. The van der Waals surface area contributed by atoms with Gasteiger partial charge >= 0.3 is 0 Å². The number of piperidine rings is 1. The average Bonchev–Trinajstić information content (AvgIpc) is 2.77. The van der Waals surface area contributed by atoms with E-state index in [0.29, 0.717) is 0 Å². The largest absolute Gasteiger partial charge is 0.316 e. The van der Waals surface area contributed by atoms with Crippen LogP contribution in [-0.4, -0.2) is 45.8 Å². The number of nitrogens with zero attached hydrogens (tertiary/aromatic N) is 4. The SMILES string of the molecule is c1nc2n(n1)CCN(CC1CCCNC1)C2. The molecule has 1 aromatic rings. The lowest BCUT2D eigenvalue weighted by Gasteiger charge is -2.32. The quantitative estimate of drug-likeness (QED) is 0.769. The van der Waals surface area contributed by atoms with Crippen molar-refractivity contribution in [3.05, 3.63) is 12.2 Å². The third-order valence-electron chi connectivity index (χ3n) is 3.60. The highest BCUT2D eigenvalue weighted by Gasteiger charge is 2.21.